The van der Waals surface area contributed by atoms with Crippen LogP contribution in [0.1, 0.15) is 50.7 Å². The maximum atomic E-state index is 13.9. The van der Waals surface area contributed by atoms with E-state index in [1.807, 2.05) is 62.4 Å². The molecule has 4 rings (SSSR count). The molecule has 0 aliphatic carbocycles. The summed E-state index contributed by atoms with van der Waals surface area (Å²) >= 11 is 0. The molecule has 0 fully saturated rings. The first-order valence-corrected chi connectivity index (χ1v) is 15.8. The Kier molecular flexibility index (Phi) is 11.9. The molecule has 12 heteroatoms. The van der Waals surface area contributed by atoms with Gasteiger partial charge in [0.1, 0.15) is 18.1 Å². The summed E-state index contributed by atoms with van der Waals surface area (Å²) in [5, 5.41) is 20.1. The van der Waals surface area contributed by atoms with Gasteiger partial charge in [-0.3, -0.25) is 14.4 Å². The van der Waals surface area contributed by atoms with Gasteiger partial charge in [-0.2, -0.15) is 0 Å². The van der Waals surface area contributed by atoms with Crippen molar-refractivity contribution in [2.24, 2.45) is 17.4 Å². The molecule has 0 spiro atoms. The van der Waals surface area contributed by atoms with Gasteiger partial charge < -0.3 is 42.5 Å². The number of H-pyrrole nitrogens is 2. The molecule has 46 heavy (non-hydrogen) atoms. The second-order valence-corrected chi connectivity index (χ2v) is 11.9. The molecule has 0 aliphatic rings. The number of benzene rings is 2. The van der Waals surface area contributed by atoms with Crippen LogP contribution >= 0.6 is 0 Å². The minimum atomic E-state index is -1.26. The van der Waals surface area contributed by atoms with Crippen molar-refractivity contribution in [2.75, 3.05) is 6.54 Å². The minimum absolute atomic E-state index is 0.0342. The van der Waals surface area contributed by atoms with E-state index in [1.165, 1.54) is 0 Å². The molecule has 12 nitrogen and oxygen atoms in total. The normalized spacial score (nSPS) is 14.7. The lowest BCUT2D eigenvalue weighted by Gasteiger charge is -2.28. The molecule has 3 amide bonds. The van der Waals surface area contributed by atoms with Crippen LogP contribution in [-0.2, 0) is 32.0 Å². The Bertz CT molecular complexity index is 1650. The van der Waals surface area contributed by atoms with Gasteiger partial charge in [0.25, 0.3) is 0 Å². The average Bonchev–Trinajstić information content (AvgIpc) is 3.66. The largest absolute Gasteiger partial charge is 0.480 e. The van der Waals surface area contributed by atoms with E-state index in [1.54, 1.807) is 12.4 Å². The van der Waals surface area contributed by atoms with Gasteiger partial charge in [0.15, 0.2) is 0 Å². The third kappa shape index (κ3) is 8.52. The number of aromatic nitrogens is 2. The molecule has 0 aliphatic heterocycles. The third-order valence-electron chi connectivity index (χ3n) is 8.54. The maximum absolute atomic E-state index is 13.9. The molecule has 246 valence electrons. The molecule has 2 aromatic carbocycles. The summed E-state index contributed by atoms with van der Waals surface area (Å²) in [5.41, 5.74) is 14.9. The predicted molar refractivity (Wildman–Crippen MR) is 178 cm³/mol. The van der Waals surface area contributed by atoms with E-state index in [0.717, 1.165) is 39.4 Å². The van der Waals surface area contributed by atoms with Gasteiger partial charge in [-0.05, 0) is 48.6 Å². The molecule has 0 saturated carbocycles. The first kappa shape index (κ1) is 34.2. The zero-order chi connectivity index (χ0) is 33.2. The van der Waals surface area contributed by atoms with Crippen LogP contribution in [0, 0.1) is 5.92 Å². The van der Waals surface area contributed by atoms with E-state index in [9.17, 15) is 24.3 Å². The fourth-order valence-corrected chi connectivity index (χ4v) is 5.59. The lowest BCUT2D eigenvalue weighted by molar-refractivity contribution is -0.142. The third-order valence-corrected chi connectivity index (χ3v) is 8.54. The minimum Gasteiger partial charge on any atom is -0.480 e. The number of rotatable bonds is 17. The van der Waals surface area contributed by atoms with Crippen molar-refractivity contribution in [2.45, 2.75) is 76.5 Å². The van der Waals surface area contributed by atoms with Crippen LogP contribution in [0.25, 0.3) is 21.8 Å². The number of para-hydroxylation sites is 2. The second-order valence-electron chi connectivity index (χ2n) is 11.9. The number of fused-ring (bicyclic) bond motifs is 2. The Hall–Kier alpha value is -4.68. The van der Waals surface area contributed by atoms with E-state index in [0.29, 0.717) is 25.8 Å². The molecule has 0 bridgehead atoms. The summed E-state index contributed by atoms with van der Waals surface area (Å²) in [6.07, 6.45) is 6.04. The summed E-state index contributed by atoms with van der Waals surface area (Å²) in [6, 6.07) is 10.9. The number of aliphatic carboxylic acids is 1. The highest BCUT2D eigenvalue weighted by molar-refractivity contribution is 5.95. The highest BCUT2D eigenvalue weighted by atomic mass is 16.4. The Morgan fingerprint density at radius 1 is 0.783 bits per heavy atom. The number of carboxylic acid groups (broad SMARTS) is 1. The summed E-state index contributed by atoms with van der Waals surface area (Å²) < 4.78 is 0. The Morgan fingerprint density at radius 2 is 1.33 bits per heavy atom. The number of hydrogen-bond donors (Lipinski definition) is 8. The zero-order valence-electron chi connectivity index (χ0n) is 26.3. The fourth-order valence-electron chi connectivity index (χ4n) is 5.59. The molecule has 5 atom stereocenters. The van der Waals surface area contributed by atoms with Gasteiger partial charge in [0.05, 0.1) is 6.04 Å². The van der Waals surface area contributed by atoms with E-state index in [4.69, 9.17) is 11.5 Å². The van der Waals surface area contributed by atoms with Crippen molar-refractivity contribution < 1.29 is 24.3 Å². The number of unbranched alkanes of at least 4 members (excludes halogenated alkanes) is 1. The summed E-state index contributed by atoms with van der Waals surface area (Å²) in [6.45, 7) is 4.23. The molecule has 5 unspecified atom stereocenters. The second kappa shape index (κ2) is 16.1. The van der Waals surface area contributed by atoms with Crippen LogP contribution < -0.4 is 27.4 Å². The first-order chi connectivity index (χ1) is 22.1. The molecule has 0 saturated heterocycles. The Labute approximate surface area is 268 Å². The van der Waals surface area contributed by atoms with Crippen LogP contribution in [0.2, 0.25) is 0 Å². The first-order valence-electron chi connectivity index (χ1n) is 15.8. The molecule has 2 aromatic heterocycles. The maximum Gasteiger partial charge on any atom is 0.326 e. The van der Waals surface area contributed by atoms with Gasteiger partial charge >= 0.3 is 5.97 Å². The van der Waals surface area contributed by atoms with Gasteiger partial charge in [-0.15, -0.1) is 0 Å². The number of amides is 3. The number of carbonyl (C=O) groups excluding carboxylic acids is 3. The molecule has 2 heterocycles. The van der Waals surface area contributed by atoms with Crippen molar-refractivity contribution in [3.63, 3.8) is 0 Å². The molecule has 4 aromatic rings. The molecular formula is C34H45N7O5. The monoisotopic (exact) mass is 631 g/mol. The summed E-state index contributed by atoms with van der Waals surface area (Å²) in [5.74, 6) is -3.14. The Morgan fingerprint density at radius 3 is 1.87 bits per heavy atom. The lowest BCUT2D eigenvalue weighted by Crippen LogP contribution is -2.59. The summed E-state index contributed by atoms with van der Waals surface area (Å²) in [4.78, 5) is 59.3. The van der Waals surface area contributed by atoms with Crippen LogP contribution in [0.4, 0.5) is 0 Å². The topological polar surface area (TPSA) is 208 Å². The lowest BCUT2D eigenvalue weighted by atomic mass is 9.96. The van der Waals surface area contributed by atoms with Crippen molar-refractivity contribution in [1.82, 2.24) is 25.9 Å². The molecule has 10 N–H and O–H groups in total. The highest BCUT2D eigenvalue weighted by Crippen LogP contribution is 2.21. The summed E-state index contributed by atoms with van der Waals surface area (Å²) in [7, 11) is 0. The van der Waals surface area contributed by atoms with Crippen molar-refractivity contribution in [3.8, 4) is 0 Å². The van der Waals surface area contributed by atoms with Gasteiger partial charge in [0, 0.05) is 47.0 Å². The van der Waals surface area contributed by atoms with Crippen LogP contribution in [0.3, 0.4) is 0 Å². The fraction of sp³-hybridized carbons (Fsp3) is 0.412. The van der Waals surface area contributed by atoms with Gasteiger partial charge in [-0.1, -0.05) is 63.1 Å². The van der Waals surface area contributed by atoms with Crippen LogP contribution in [0.15, 0.2) is 60.9 Å². The average molecular weight is 632 g/mol. The van der Waals surface area contributed by atoms with Crippen molar-refractivity contribution in [3.05, 3.63) is 72.1 Å². The van der Waals surface area contributed by atoms with E-state index < -0.39 is 47.9 Å². The zero-order valence-corrected chi connectivity index (χ0v) is 26.3. The van der Waals surface area contributed by atoms with E-state index in [-0.39, 0.29) is 18.8 Å². The smallest absolute Gasteiger partial charge is 0.326 e. The highest BCUT2D eigenvalue weighted by Gasteiger charge is 2.33. The SMILES string of the molecule is CCC(C)C(NC(=O)C(N)CCCCN)C(=O)NC(Cc1c[nH]c2ccccc12)C(=O)NC(Cc1c[nH]c2ccccc12)C(=O)O. The van der Waals surface area contributed by atoms with Crippen LogP contribution in [-0.4, -0.2) is 69.5 Å². The predicted octanol–water partition coefficient (Wildman–Crippen LogP) is 2.48. The number of hydrogen-bond acceptors (Lipinski definition) is 6. The van der Waals surface area contributed by atoms with E-state index >= 15 is 0 Å². The Balaban J connectivity index is 1.57. The van der Waals surface area contributed by atoms with Crippen molar-refractivity contribution >= 4 is 45.5 Å². The number of nitrogens with one attached hydrogen (secondary N) is 5. The van der Waals surface area contributed by atoms with Gasteiger partial charge in [0.2, 0.25) is 17.7 Å². The molecular weight excluding hydrogens is 586 g/mol. The number of carbonyl (C=O) groups is 4. The van der Waals surface area contributed by atoms with Crippen molar-refractivity contribution in [1.29, 1.82) is 0 Å². The number of aromatic amines is 2. The van der Waals surface area contributed by atoms with Crippen LogP contribution in [0.5, 0.6) is 0 Å². The number of carboxylic acids is 1. The standard InChI is InChI=1S/C34H45N7O5/c1-3-20(2)30(41-31(42)25(36)12-8-9-15-35)33(44)39-28(16-21-18-37-26-13-6-4-10-23(21)26)32(43)40-29(34(45)46)17-22-19-38-27-14-7-5-11-24(22)27/h4-7,10-11,13-14,18-20,25,28-30,37-38H,3,8-9,12,15-17,35-36H2,1-2H3,(H,39,44)(H,40,43)(H,41,42)(H,45,46). The number of nitrogens with two attached hydrogens (primary N) is 2. The van der Waals surface area contributed by atoms with E-state index in [2.05, 4.69) is 25.9 Å². The van der Waals surface area contributed by atoms with Gasteiger partial charge in [-0.25, -0.2) is 4.79 Å². The molecule has 0 radical (unpaired) electrons. The quantitative estimate of drug-likeness (QED) is 0.0816.